The molecule has 3 heterocycles. The maximum atomic E-state index is 12.6. The number of nitrogens with one attached hydrogen (secondary N) is 1. The van der Waals surface area contributed by atoms with Gasteiger partial charge < -0.3 is 19.5 Å². The minimum absolute atomic E-state index is 0.161. The van der Waals surface area contributed by atoms with E-state index in [9.17, 15) is 4.79 Å². The third-order valence-corrected chi connectivity index (χ3v) is 5.00. The van der Waals surface area contributed by atoms with Gasteiger partial charge in [0.1, 0.15) is 12.1 Å². The van der Waals surface area contributed by atoms with Gasteiger partial charge in [-0.25, -0.2) is 14.5 Å². The summed E-state index contributed by atoms with van der Waals surface area (Å²) in [6, 6.07) is 14.1. The van der Waals surface area contributed by atoms with Crippen molar-refractivity contribution in [2.24, 2.45) is 0 Å². The zero-order valence-electron chi connectivity index (χ0n) is 16.9. The highest BCUT2D eigenvalue weighted by Gasteiger charge is 2.19. The second-order valence-electron chi connectivity index (χ2n) is 7.04. The maximum absolute atomic E-state index is 12.6. The molecule has 31 heavy (non-hydrogen) atoms. The number of aromatic nitrogens is 4. The number of hydrogen-bond donors (Lipinski definition) is 1. The summed E-state index contributed by atoms with van der Waals surface area (Å²) in [4.78, 5) is 21.7. The molecule has 2 aromatic heterocycles. The molecule has 5 rings (SSSR count). The molecule has 9 heteroatoms. The molecule has 1 aliphatic heterocycles. The summed E-state index contributed by atoms with van der Waals surface area (Å²) in [5, 5.41) is 7.36. The van der Waals surface area contributed by atoms with E-state index in [0.29, 0.717) is 28.5 Å². The van der Waals surface area contributed by atoms with Crippen LogP contribution in [0.5, 0.6) is 17.2 Å². The Morgan fingerprint density at radius 2 is 1.94 bits per heavy atom. The number of nitrogens with zero attached hydrogens (tertiary/aromatic N) is 4. The van der Waals surface area contributed by atoms with Crippen molar-refractivity contribution in [3.8, 4) is 28.5 Å². The van der Waals surface area contributed by atoms with Crippen LogP contribution in [-0.2, 0) is 0 Å². The third-order valence-electron chi connectivity index (χ3n) is 5.00. The molecule has 0 unspecified atom stereocenters. The summed E-state index contributed by atoms with van der Waals surface area (Å²) >= 11 is 0. The molecule has 9 nitrogen and oxygen atoms in total. The van der Waals surface area contributed by atoms with Crippen molar-refractivity contribution < 1.29 is 19.0 Å². The van der Waals surface area contributed by atoms with Crippen molar-refractivity contribution in [3.05, 3.63) is 66.2 Å². The average molecular weight is 417 g/mol. The van der Waals surface area contributed by atoms with Crippen molar-refractivity contribution >= 4 is 11.6 Å². The first-order valence-corrected chi connectivity index (χ1v) is 9.68. The van der Waals surface area contributed by atoms with Gasteiger partial charge >= 0.3 is 0 Å². The number of carbonyl (C=O) groups excluding carboxylic acids is 1. The first kappa shape index (κ1) is 18.9. The van der Waals surface area contributed by atoms with E-state index in [1.807, 2.05) is 37.3 Å². The zero-order chi connectivity index (χ0) is 21.4. The second kappa shape index (κ2) is 7.60. The summed E-state index contributed by atoms with van der Waals surface area (Å²) in [6.07, 6.45) is 1.61. The lowest BCUT2D eigenvalue weighted by Crippen LogP contribution is -2.27. The minimum atomic E-state index is -0.401. The summed E-state index contributed by atoms with van der Waals surface area (Å²) in [5.41, 5.74) is 2.83. The quantitative estimate of drug-likeness (QED) is 0.533. The van der Waals surface area contributed by atoms with Gasteiger partial charge in [-0.15, -0.1) is 5.10 Å². The molecule has 4 aromatic rings. The predicted molar refractivity (Wildman–Crippen MR) is 111 cm³/mol. The van der Waals surface area contributed by atoms with Gasteiger partial charge in [0.2, 0.25) is 6.79 Å². The lowest BCUT2D eigenvalue weighted by atomic mass is 10.1. The van der Waals surface area contributed by atoms with Gasteiger partial charge in [0.05, 0.1) is 18.8 Å². The summed E-state index contributed by atoms with van der Waals surface area (Å²) in [5.74, 6) is 2.21. The monoisotopic (exact) mass is 417 g/mol. The fourth-order valence-corrected chi connectivity index (χ4v) is 3.30. The third kappa shape index (κ3) is 3.61. The number of fused-ring (bicyclic) bond motifs is 2. The fourth-order valence-electron chi connectivity index (χ4n) is 3.30. The smallest absolute Gasteiger partial charge is 0.252 e. The van der Waals surface area contributed by atoms with E-state index >= 15 is 0 Å². The second-order valence-corrected chi connectivity index (χ2v) is 7.04. The highest BCUT2D eigenvalue weighted by Crippen LogP contribution is 2.32. The van der Waals surface area contributed by atoms with Crippen molar-refractivity contribution in [1.82, 2.24) is 24.9 Å². The van der Waals surface area contributed by atoms with Crippen LogP contribution in [-0.4, -0.2) is 39.4 Å². The van der Waals surface area contributed by atoms with E-state index in [4.69, 9.17) is 14.2 Å². The molecule has 1 atom stereocenters. The number of hydrogen-bond acceptors (Lipinski definition) is 7. The fraction of sp³-hybridized carbons (Fsp3) is 0.182. The number of amides is 1. The standard InChI is InChI=1S/C22H19N5O4/c1-13(24-22(28)15-5-8-18-19(9-15)31-12-30-18)21-25-20-10-17(23-11-27(20)26-21)14-3-6-16(29-2)7-4-14/h3-11,13H,12H2,1-2H3,(H,24,28)/t13-/m0/s1. The van der Waals surface area contributed by atoms with Crippen LogP contribution in [0.25, 0.3) is 16.9 Å². The molecule has 2 aromatic carbocycles. The largest absolute Gasteiger partial charge is 0.497 e. The number of benzene rings is 2. The number of ether oxygens (including phenoxy) is 3. The Labute approximate surface area is 177 Å². The van der Waals surface area contributed by atoms with E-state index in [2.05, 4.69) is 20.4 Å². The molecule has 0 saturated carbocycles. The summed E-state index contributed by atoms with van der Waals surface area (Å²) < 4.78 is 17.4. The lowest BCUT2D eigenvalue weighted by molar-refractivity contribution is 0.0938. The zero-order valence-corrected chi connectivity index (χ0v) is 16.9. The van der Waals surface area contributed by atoms with E-state index in [-0.39, 0.29) is 12.7 Å². The van der Waals surface area contributed by atoms with Gasteiger partial charge in [-0.05, 0) is 49.4 Å². The normalized spacial score (nSPS) is 13.2. The predicted octanol–water partition coefficient (Wildman–Crippen LogP) is 3.02. The van der Waals surface area contributed by atoms with Crippen molar-refractivity contribution in [3.63, 3.8) is 0 Å². The molecular weight excluding hydrogens is 398 g/mol. The number of methoxy groups -OCH3 is 1. The molecule has 0 aliphatic carbocycles. The van der Waals surface area contributed by atoms with Crippen LogP contribution in [0.3, 0.4) is 0 Å². The Bertz CT molecular complexity index is 1270. The van der Waals surface area contributed by atoms with Crippen LogP contribution in [0, 0.1) is 0 Å². The van der Waals surface area contributed by atoms with Gasteiger partial charge in [-0.3, -0.25) is 4.79 Å². The first-order chi connectivity index (χ1) is 15.1. The molecule has 0 spiro atoms. The van der Waals surface area contributed by atoms with Crippen LogP contribution >= 0.6 is 0 Å². The molecule has 1 aliphatic rings. The molecule has 0 fully saturated rings. The molecule has 1 amide bonds. The highest BCUT2D eigenvalue weighted by molar-refractivity contribution is 5.95. The Kier molecular flexibility index (Phi) is 4.62. The topological polar surface area (TPSA) is 99.9 Å². The Balaban J connectivity index is 1.35. The Hall–Kier alpha value is -4.14. The lowest BCUT2D eigenvalue weighted by Gasteiger charge is -2.10. The molecule has 156 valence electrons. The number of rotatable bonds is 5. The van der Waals surface area contributed by atoms with Crippen LogP contribution in [0.4, 0.5) is 0 Å². The van der Waals surface area contributed by atoms with Gasteiger partial charge in [-0.2, -0.15) is 0 Å². The highest BCUT2D eigenvalue weighted by atomic mass is 16.7. The van der Waals surface area contributed by atoms with E-state index in [0.717, 1.165) is 17.0 Å². The molecular formula is C22H19N5O4. The van der Waals surface area contributed by atoms with E-state index < -0.39 is 6.04 Å². The van der Waals surface area contributed by atoms with Gasteiger partial charge in [0.25, 0.3) is 5.91 Å². The van der Waals surface area contributed by atoms with Gasteiger partial charge in [0.15, 0.2) is 23.0 Å². The minimum Gasteiger partial charge on any atom is -0.497 e. The van der Waals surface area contributed by atoms with E-state index in [1.165, 1.54) is 0 Å². The van der Waals surface area contributed by atoms with Crippen molar-refractivity contribution in [2.75, 3.05) is 13.9 Å². The Morgan fingerprint density at radius 3 is 2.74 bits per heavy atom. The summed E-state index contributed by atoms with van der Waals surface area (Å²) in [6.45, 7) is 1.99. The average Bonchev–Trinajstić information content (AvgIpc) is 3.45. The van der Waals surface area contributed by atoms with Crippen LogP contribution in [0.1, 0.15) is 29.1 Å². The molecule has 0 radical (unpaired) electrons. The Morgan fingerprint density at radius 1 is 1.13 bits per heavy atom. The van der Waals surface area contributed by atoms with Gasteiger partial charge in [-0.1, -0.05) is 0 Å². The summed E-state index contributed by atoms with van der Waals surface area (Å²) in [7, 11) is 1.63. The SMILES string of the molecule is COc1ccc(-c2cc3nc([C@H](C)NC(=O)c4ccc5c(c4)OCO5)nn3cn2)cc1. The van der Waals surface area contributed by atoms with Crippen molar-refractivity contribution in [2.45, 2.75) is 13.0 Å². The van der Waals surface area contributed by atoms with E-state index in [1.54, 1.807) is 36.2 Å². The van der Waals surface area contributed by atoms with Crippen molar-refractivity contribution in [1.29, 1.82) is 0 Å². The number of carbonyl (C=O) groups is 1. The molecule has 0 bridgehead atoms. The first-order valence-electron chi connectivity index (χ1n) is 9.68. The van der Waals surface area contributed by atoms with Crippen LogP contribution in [0.2, 0.25) is 0 Å². The molecule has 0 saturated heterocycles. The van der Waals surface area contributed by atoms with Crippen LogP contribution in [0.15, 0.2) is 54.9 Å². The van der Waals surface area contributed by atoms with Crippen LogP contribution < -0.4 is 19.5 Å². The van der Waals surface area contributed by atoms with Gasteiger partial charge in [0, 0.05) is 17.2 Å². The maximum Gasteiger partial charge on any atom is 0.252 e. The molecule has 1 N–H and O–H groups in total.